The van der Waals surface area contributed by atoms with Gasteiger partial charge in [0.25, 0.3) is 0 Å². The van der Waals surface area contributed by atoms with Gasteiger partial charge in [-0.05, 0) is 85.5 Å². The van der Waals surface area contributed by atoms with Gasteiger partial charge in [0, 0.05) is 7.11 Å². The average molecular weight is 403 g/mol. The molecule has 29 heavy (non-hydrogen) atoms. The normalized spacial score (nSPS) is 35.4. The second-order valence-electron chi connectivity index (χ2n) is 9.10. The van der Waals surface area contributed by atoms with Gasteiger partial charge in [0.15, 0.2) is 0 Å². The monoisotopic (exact) mass is 402 g/mol. The molecule has 0 N–H and O–H groups in total. The van der Waals surface area contributed by atoms with E-state index in [0.29, 0.717) is 18.4 Å². The van der Waals surface area contributed by atoms with Gasteiger partial charge < -0.3 is 18.9 Å². The molecule has 3 unspecified atom stereocenters. The van der Waals surface area contributed by atoms with Crippen molar-refractivity contribution in [2.24, 2.45) is 23.2 Å². The molecule has 2 saturated carbocycles. The largest absolute Gasteiger partial charge is 0.497 e. The number of ether oxygens (including phenoxy) is 4. The summed E-state index contributed by atoms with van der Waals surface area (Å²) in [5.74, 6) is 2.07. The van der Waals surface area contributed by atoms with Crippen molar-refractivity contribution in [2.45, 2.75) is 58.0 Å². The second kappa shape index (κ2) is 8.27. The van der Waals surface area contributed by atoms with Gasteiger partial charge in [0.1, 0.15) is 12.5 Å². The molecule has 5 heteroatoms. The zero-order valence-electron chi connectivity index (χ0n) is 18.1. The van der Waals surface area contributed by atoms with E-state index in [4.69, 9.17) is 18.9 Å². The Labute approximate surface area is 174 Å². The third kappa shape index (κ3) is 3.46. The predicted octanol–water partition coefficient (Wildman–Crippen LogP) is 4.33. The van der Waals surface area contributed by atoms with Gasteiger partial charge in [-0.1, -0.05) is 13.0 Å². The highest BCUT2D eigenvalue weighted by atomic mass is 16.7. The van der Waals surface area contributed by atoms with Crippen LogP contribution in [0.4, 0.5) is 0 Å². The zero-order chi connectivity index (χ0) is 20.6. The number of carbonyl (C=O) groups excluding carboxylic acids is 1. The molecule has 1 aromatic rings. The van der Waals surface area contributed by atoms with Crippen molar-refractivity contribution < 1.29 is 23.7 Å². The predicted molar refractivity (Wildman–Crippen MR) is 110 cm³/mol. The molecule has 3 aliphatic rings. The molecule has 6 atom stereocenters. The first-order valence-corrected chi connectivity index (χ1v) is 11.0. The van der Waals surface area contributed by atoms with Crippen LogP contribution in [0.2, 0.25) is 0 Å². The summed E-state index contributed by atoms with van der Waals surface area (Å²) in [7, 11) is 3.38. The second-order valence-corrected chi connectivity index (χ2v) is 9.10. The van der Waals surface area contributed by atoms with Crippen LogP contribution in [0.3, 0.4) is 0 Å². The fourth-order valence-corrected chi connectivity index (χ4v) is 6.64. The molecule has 0 radical (unpaired) electrons. The van der Waals surface area contributed by atoms with Crippen LogP contribution in [-0.2, 0) is 25.4 Å². The minimum Gasteiger partial charge on any atom is -0.497 e. The molecule has 0 saturated heterocycles. The summed E-state index contributed by atoms with van der Waals surface area (Å²) in [5, 5.41) is 0. The van der Waals surface area contributed by atoms with Crippen LogP contribution in [0, 0.1) is 23.2 Å². The van der Waals surface area contributed by atoms with Crippen molar-refractivity contribution in [3.63, 3.8) is 0 Å². The Morgan fingerprint density at radius 1 is 1.24 bits per heavy atom. The van der Waals surface area contributed by atoms with Gasteiger partial charge in [0.05, 0.1) is 25.7 Å². The molecule has 0 bridgehead atoms. The Hall–Kier alpha value is -1.59. The van der Waals surface area contributed by atoms with E-state index in [2.05, 4.69) is 25.1 Å². The average Bonchev–Trinajstić information content (AvgIpc) is 3.04. The summed E-state index contributed by atoms with van der Waals surface area (Å²) in [6.07, 6.45) is 5.13. The lowest BCUT2D eigenvalue weighted by Gasteiger charge is -2.51. The van der Waals surface area contributed by atoms with Crippen molar-refractivity contribution in [3.8, 4) is 5.75 Å². The molecule has 0 spiro atoms. The van der Waals surface area contributed by atoms with Gasteiger partial charge in [-0.2, -0.15) is 0 Å². The molecular weight excluding hydrogens is 368 g/mol. The Morgan fingerprint density at radius 3 is 2.79 bits per heavy atom. The molecule has 2 fully saturated rings. The summed E-state index contributed by atoms with van der Waals surface area (Å²) >= 11 is 0. The van der Waals surface area contributed by atoms with Crippen LogP contribution >= 0.6 is 0 Å². The summed E-state index contributed by atoms with van der Waals surface area (Å²) in [4.78, 5) is 12.9. The molecule has 1 aromatic carbocycles. The van der Waals surface area contributed by atoms with Gasteiger partial charge in [-0.3, -0.25) is 4.79 Å². The van der Waals surface area contributed by atoms with Crippen LogP contribution in [-0.4, -0.2) is 39.7 Å². The Kier molecular flexibility index (Phi) is 5.90. The van der Waals surface area contributed by atoms with Crippen LogP contribution < -0.4 is 4.74 Å². The Balaban J connectivity index is 1.67. The Bertz CT molecular complexity index is 747. The lowest BCUT2D eigenvalue weighted by Crippen LogP contribution is -2.47. The lowest BCUT2D eigenvalue weighted by molar-refractivity contribution is -0.152. The first-order valence-electron chi connectivity index (χ1n) is 11.0. The highest BCUT2D eigenvalue weighted by Crippen LogP contribution is 2.63. The van der Waals surface area contributed by atoms with Crippen molar-refractivity contribution in [2.75, 3.05) is 27.6 Å². The third-order valence-electron chi connectivity index (χ3n) is 7.84. The highest BCUT2D eigenvalue weighted by Gasteiger charge is 2.61. The van der Waals surface area contributed by atoms with Gasteiger partial charge in [-0.15, -0.1) is 0 Å². The van der Waals surface area contributed by atoms with E-state index < -0.39 is 0 Å². The molecular formula is C24H34O5. The molecule has 160 valence electrons. The van der Waals surface area contributed by atoms with Crippen molar-refractivity contribution >= 4 is 5.97 Å². The molecule has 0 heterocycles. The molecule has 0 aromatic heterocycles. The quantitative estimate of drug-likeness (QED) is 0.524. The van der Waals surface area contributed by atoms with Crippen LogP contribution in [0.15, 0.2) is 18.2 Å². The van der Waals surface area contributed by atoms with Gasteiger partial charge in [-0.25, -0.2) is 0 Å². The first-order chi connectivity index (χ1) is 14.0. The topological polar surface area (TPSA) is 54.0 Å². The number of fused-ring (bicyclic) bond motifs is 5. The molecule has 5 nitrogen and oxygen atoms in total. The lowest BCUT2D eigenvalue weighted by atomic mass is 9.54. The SMILES string of the molecule is CCOC(=O)[C@H]1C[C@H](OCOC)[C@@]2(C)CCC3c4ccc(OC)cc4CCC3C12. The van der Waals surface area contributed by atoms with Crippen molar-refractivity contribution in [1.82, 2.24) is 0 Å². The van der Waals surface area contributed by atoms with E-state index in [9.17, 15) is 4.79 Å². The molecule has 4 rings (SSSR count). The number of esters is 1. The third-order valence-corrected chi connectivity index (χ3v) is 7.84. The fraction of sp³-hybridized carbons (Fsp3) is 0.708. The summed E-state index contributed by atoms with van der Waals surface area (Å²) in [6, 6.07) is 6.53. The maximum atomic E-state index is 12.9. The van der Waals surface area contributed by atoms with Gasteiger partial charge in [0.2, 0.25) is 0 Å². The van der Waals surface area contributed by atoms with Crippen LogP contribution in [0.1, 0.15) is 56.6 Å². The minimum atomic E-state index is -0.0885. The standard InChI is InChI=1S/C24H34O5/c1-5-28-23(25)20-13-21(29-14-26-3)24(2)11-10-18-17-9-7-16(27-4)12-15(17)6-8-19(18)22(20)24/h7,9,12,18-22H,5-6,8,10-11,13-14H2,1-4H3/t18?,19?,20-,21-,22?,24+/m0/s1. The first kappa shape index (κ1) is 20.7. The molecule has 3 aliphatic carbocycles. The van der Waals surface area contributed by atoms with E-state index in [1.165, 1.54) is 11.1 Å². The summed E-state index contributed by atoms with van der Waals surface area (Å²) < 4.78 is 22.3. The highest BCUT2D eigenvalue weighted by molar-refractivity contribution is 5.74. The van der Waals surface area contributed by atoms with E-state index in [-0.39, 0.29) is 36.1 Å². The Morgan fingerprint density at radius 2 is 2.07 bits per heavy atom. The maximum Gasteiger partial charge on any atom is 0.309 e. The number of carbonyl (C=O) groups is 1. The van der Waals surface area contributed by atoms with E-state index in [1.54, 1.807) is 14.2 Å². The van der Waals surface area contributed by atoms with E-state index >= 15 is 0 Å². The number of hydrogen-bond donors (Lipinski definition) is 0. The fourth-order valence-electron chi connectivity index (χ4n) is 6.64. The number of methoxy groups -OCH3 is 2. The number of rotatable bonds is 6. The van der Waals surface area contributed by atoms with Crippen molar-refractivity contribution in [1.29, 1.82) is 0 Å². The minimum absolute atomic E-state index is 0.0128. The van der Waals surface area contributed by atoms with E-state index in [0.717, 1.165) is 37.9 Å². The summed E-state index contributed by atoms with van der Waals surface area (Å²) in [6.45, 7) is 4.92. The number of aryl methyl sites for hydroxylation is 1. The number of hydrogen-bond acceptors (Lipinski definition) is 5. The van der Waals surface area contributed by atoms with Crippen molar-refractivity contribution in [3.05, 3.63) is 29.3 Å². The van der Waals surface area contributed by atoms with E-state index in [1.807, 2.05) is 6.92 Å². The zero-order valence-corrected chi connectivity index (χ0v) is 18.1. The number of benzene rings is 1. The van der Waals surface area contributed by atoms with Crippen LogP contribution in [0.5, 0.6) is 5.75 Å². The molecule has 0 aliphatic heterocycles. The van der Waals surface area contributed by atoms with Crippen LogP contribution in [0.25, 0.3) is 0 Å². The maximum absolute atomic E-state index is 12.9. The summed E-state index contributed by atoms with van der Waals surface area (Å²) in [5.41, 5.74) is 2.85. The smallest absolute Gasteiger partial charge is 0.309 e. The van der Waals surface area contributed by atoms with Gasteiger partial charge >= 0.3 is 5.97 Å². The molecule has 0 amide bonds.